The van der Waals surface area contributed by atoms with Gasteiger partial charge in [-0.3, -0.25) is 19.2 Å². The summed E-state index contributed by atoms with van der Waals surface area (Å²) in [5.41, 5.74) is -0.547. The minimum absolute atomic E-state index is 0.00699. The molecule has 48 heavy (non-hydrogen) atoms. The molecule has 2 aliphatic heterocycles. The van der Waals surface area contributed by atoms with Gasteiger partial charge in [0, 0.05) is 35.9 Å². The maximum Gasteiger partial charge on any atom is 0.407 e. The normalized spacial score (nSPS) is 21.5. The molecule has 0 bridgehead atoms. The van der Waals surface area contributed by atoms with Gasteiger partial charge in [-0.2, -0.15) is 0 Å². The van der Waals surface area contributed by atoms with Crippen LogP contribution in [0.2, 0.25) is 5.02 Å². The summed E-state index contributed by atoms with van der Waals surface area (Å²) in [6, 6.07) is 3.77. The van der Waals surface area contributed by atoms with E-state index in [1.807, 2.05) is 13.0 Å². The molecule has 1 saturated heterocycles. The van der Waals surface area contributed by atoms with E-state index in [4.69, 9.17) is 21.2 Å². The van der Waals surface area contributed by atoms with Crippen LogP contribution in [0.3, 0.4) is 0 Å². The molecule has 13 nitrogen and oxygen atoms in total. The summed E-state index contributed by atoms with van der Waals surface area (Å²) in [5, 5.41) is 12.9. The number of hydrogen-bond acceptors (Lipinski definition) is 9. The second-order valence-corrected chi connectivity index (χ2v) is 14.5. The largest absolute Gasteiger partial charge is 0.450 e. The molecule has 3 aliphatic rings. The van der Waals surface area contributed by atoms with E-state index in [0.717, 1.165) is 18.4 Å². The number of oxime groups is 1. The van der Waals surface area contributed by atoms with Gasteiger partial charge in [-0.25, -0.2) is 4.79 Å². The van der Waals surface area contributed by atoms with Gasteiger partial charge in [0.05, 0.1) is 24.9 Å². The summed E-state index contributed by atoms with van der Waals surface area (Å²) in [5.74, 6) is -2.69. The first-order chi connectivity index (χ1) is 22.6. The number of rotatable bonds is 14. The van der Waals surface area contributed by atoms with E-state index in [0.29, 0.717) is 23.6 Å². The summed E-state index contributed by atoms with van der Waals surface area (Å²) >= 11 is 6.21. The molecule has 1 spiro atoms. The lowest BCUT2D eigenvalue weighted by molar-refractivity contribution is -0.144. The smallest absolute Gasteiger partial charge is 0.407 e. The van der Waals surface area contributed by atoms with Crippen molar-refractivity contribution < 1.29 is 38.3 Å². The Morgan fingerprint density at radius 3 is 2.50 bits per heavy atom. The van der Waals surface area contributed by atoms with Crippen LogP contribution < -0.4 is 16.0 Å². The van der Waals surface area contributed by atoms with Crippen LogP contribution in [0.5, 0.6) is 0 Å². The Morgan fingerprint density at radius 2 is 1.88 bits per heavy atom. The Labute approximate surface area is 285 Å². The van der Waals surface area contributed by atoms with Crippen molar-refractivity contribution in [2.24, 2.45) is 10.6 Å². The third kappa shape index (κ3) is 9.55. The highest BCUT2D eigenvalue weighted by Crippen LogP contribution is 2.40. The molecule has 0 aromatic heterocycles. The number of likely N-dealkylation sites (tertiary alicyclic amines) is 1. The Bertz CT molecular complexity index is 1450. The second-order valence-electron chi connectivity index (χ2n) is 14.0. The first kappa shape index (κ1) is 36.8. The topological polar surface area (TPSA) is 173 Å². The second kappa shape index (κ2) is 15.5. The van der Waals surface area contributed by atoms with Gasteiger partial charge in [-0.05, 0) is 50.2 Å². The van der Waals surface area contributed by atoms with Crippen LogP contribution in [-0.4, -0.2) is 88.9 Å². The molecule has 2 heterocycles. The number of amides is 4. The maximum absolute atomic E-state index is 14.4. The number of ketones is 2. The monoisotopic (exact) mass is 687 g/mol. The molecular weight excluding hydrogens is 642 g/mol. The Kier molecular flexibility index (Phi) is 11.9. The summed E-state index contributed by atoms with van der Waals surface area (Å²) in [4.78, 5) is 85.5. The van der Waals surface area contributed by atoms with Crippen LogP contribution in [0.25, 0.3) is 0 Å². The molecule has 4 rings (SSSR count). The van der Waals surface area contributed by atoms with E-state index in [1.165, 1.54) is 11.8 Å². The number of halogens is 1. The van der Waals surface area contributed by atoms with Gasteiger partial charge < -0.3 is 35.2 Å². The van der Waals surface area contributed by atoms with Gasteiger partial charge in [0.15, 0.2) is 5.60 Å². The third-order valence-electron chi connectivity index (χ3n) is 8.61. The lowest BCUT2D eigenvalue weighted by Crippen LogP contribution is -2.59. The number of carbonyl (C=O) groups is 6. The zero-order valence-corrected chi connectivity index (χ0v) is 29.0. The fourth-order valence-corrected chi connectivity index (χ4v) is 6.07. The van der Waals surface area contributed by atoms with Crippen LogP contribution in [0.15, 0.2) is 29.4 Å². The number of hydrogen-bond donors (Lipinski definition) is 3. The van der Waals surface area contributed by atoms with Crippen LogP contribution in [0.4, 0.5) is 4.79 Å². The van der Waals surface area contributed by atoms with E-state index in [1.54, 1.807) is 39.0 Å². The van der Waals surface area contributed by atoms with Crippen molar-refractivity contribution in [3.8, 4) is 0 Å². The van der Waals surface area contributed by atoms with Crippen molar-refractivity contribution in [1.29, 1.82) is 0 Å². The lowest BCUT2D eigenvalue weighted by atomic mass is 9.85. The summed E-state index contributed by atoms with van der Waals surface area (Å²) in [6.07, 6.45) is 2.45. The van der Waals surface area contributed by atoms with Crippen molar-refractivity contribution >= 4 is 52.7 Å². The van der Waals surface area contributed by atoms with Crippen LogP contribution in [0.1, 0.15) is 91.5 Å². The molecule has 4 atom stereocenters. The molecule has 2 fully saturated rings. The van der Waals surface area contributed by atoms with Crippen molar-refractivity contribution in [2.45, 2.75) is 116 Å². The van der Waals surface area contributed by atoms with E-state index >= 15 is 0 Å². The van der Waals surface area contributed by atoms with E-state index < -0.39 is 58.7 Å². The summed E-state index contributed by atoms with van der Waals surface area (Å²) in [6.45, 7) is 8.56. The number of nitrogens with one attached hydrogen (secondary N) is 3. The summed E-state index contributed by atoms with van der Waals surface area (Å²) in [7, 11) is 0. The highest BCUT2D eigenvalue weighted by atomic mass is 35.5. The highest BCUT2D eigenvalue weighted by molar-refractivity contribution is 6.38. The molecule has 262 valence electrons. The van der Waals surface area contributed by atoms with Gasteiger partial charge in [-0.15, -0.1) is 0 Å². The molecule has 14 heteroatoms. The van der Waals surface area contributed by atoms with Crippen LogP contribution in [0, 0.1) is 5.41 Å². The van der Waals surface area contributed by atoms with Gasteiger partial charge in [0.2, 0.25) is 17.6 Å². The van der Waals surface area contributed by atoms with Crippen molar-refractivity contribution in [1.82, 2.24) is 20.9 Å². The van der Waals surface area contributed by atoms with Crippen molar-refractivity contribution in [3.63, 3.8) is 0 Å². The maximum atomic E-state index is 14.4. The molecule has 1 aromatic carbocycles. The van der Waals surface area contributed by atoms with Gasteiger partial charge in [0.25, 0.3) is 5.91 Å². The molecule has 0 unspecified atom stereocenters. The Hall–Kier alpha value is -4.00. The first-order valence-corrected chi connectivity index (χ1v) is 16.9. The molecular formula is C34H46ClN5O8. The lowest BCUT2D eigenvalue weighted by Gasteiger charge is -2.35. The molecule has 1 aromatic rings. The predicted molar refractivity (Wildman–Crippen MR) is 177 cm³/mol. The minimum atomic E-state index is -1.12. The molecule has 1 aliphatic carbocycles. The average molecular weight is 688 g/mol. The standard InChI is InChI=1S/C34H46ClN5O8/c1-6-9-24(27(42)30(44)36-23-13-14-23)37-29(43)26-18-34(17-25(39-48-34)21-11-7-12-22(35)16-21)19-40(26)31(45)28(33(3,4)5)38-32(46)47-15-8-10-20(2)41/h7,11-12,16,23-24,26,28H,6,8-10,13-15,17-19H2,1-5H3,(H,36,44)(H,37,43)(H,38,46)/t24-,26-,28+,34+/m0/s1. The van der Waals surface area contributed by atoms with Crippen molar-refractivity contribution in [3.05, 3.63) is 34.9 Å². The fourth-order valence-electron chi connectivity index (χ4n) is 5.88. The predicted octanol–water partition coefficient (Wildman–Crippen LogP) is 3.45. The molecule has 1 saturated carbocycles. The Balaban J connectivity index is 1.57. The van der Waals surface area contributed by atoms with E-state index in [2.05, 4.69) is 21.1 Å². The number of Topliss-reactive ketones (excluding diaryl/α,β-unsaturated/α-hetero) is 2. The van der Waals surface area contributed by atoms with Gasteiger partial charge >= 0.3 is 6.09 Å². The van der Waals surface area contributed by atoms with E-state index in [-0.39, 0.29) is 50.7 Å². The quantitative estimate of drug-likeness (QED) is 0.197. The summed E-state index contributed by atoms with van der Waals surface area (Å²) < 4.78 is 5.25. The average Bonchev–Trinajstić information content (AvgIpc) is 3.61. The number of nitrogens with zero attached hydrogens (tertiary/aromatic N) is 2. The molecule has 0 radical (unpaired) electrons. The third-order valence-corrected chi connectivity index (χ3v) is 8.85. The number of carbonyl (C=O) groups excluding carboxylic acids is 6. The SMILES string of the molecule is CCC[C@H](NC(=O)[C@@H]1C[C@]2(CC(c3cccc(Cl)c3)=NO2)CN1C(=O)[C@@H](NC(=O)OCCCC(C)=O)C(C)(C)C)C(=O)C(=O)NC1CC1. The zero-order valence-electron chi connectivity index (χ0n) is 28.2. The first-order valence-electron chi connectivity index (χ1n) is 16.5. The van der Waals surface area contributed by atoms with Gasteiger partial charge in [-0.1, -0.05) is 63.0 Å². The molecule has 3 N–H and O–H groups in total. The Morgan fingerprint density at radius 1 is 1.15 bits per heavy atom. The van der Waals surface area contributed by atoms with Crippen LogP contribution in [-0.2, 0) is 33.5 Å². The number of alkyl carbamates (subject to hydrolysis) is 1. The van der Waals surface area contributed by atoms with Gasteiger partial charge in [0.1, 0.15) is 17.9 Å². The number of benzene rings is 1. The van der Waals surface area contributed by atoms with Crippen molar-refractivity contribution in [2.75, 3.05) is 13.2 Å². The van der Waals surface area contributed by atoms with Crippen LogP contribution >= 0.6 is 11.6 Å². The zero-order chi connectivity index (χ0) is 35.2. The fraction of sp³-hybridized carbons (Fsp3) is 0.618. The van der Waals surface area contributed by atoms with E-state index in [9.17, 15) is 28.8 Å². The number of ether oxygens (including phenoxy) is 1. The highest BCUT2D eigenvalue weighted by Gasteiger charge is 2.55. The molecule has 4 amide bonds. The minimum Gasteiger partial charge on any atom is -0.450 e.